The van der Waals surface area contributed by atoms with Gasteiger partial charge in [0.15, 0.2) is 5.75 Å². The van der Waals surface area contributed by atoms with Crippen molar-refractivity contribution in [3.05, 3.63) is 70.6 Å². The van der Waals surface area contributed by atoms with E-state index in [2.05, 4.69) is 9.97 Å². The van der Waals surface area contributed by atoms with E-state index in [4.69, 9.17) is 37.4 Å². The number of hydrogen-bond donors (Lipinski definition) is 0. The van der Waals surface area contributed by atoms with Crippen molar-refractivity contribution in [1.29, 1.82) is 0 Å². The zero-order chi connectivity index (χ0) is 19.1. The average Bonchev–Trinajstić information content (AvgIpc) is 2.67. The zero-order valence-electron chi connectivity index (χ0n) is 14.7. The number of methoxy groups -OCH3 is 1. The van der Waals surface area contributed by atoms with Crippen LogP contribution < -0.4 is 14.2 Å². The molecule has 0 N–H and O–H groups in total. The zero-order valence-corrected chi connectivity index (χ0v) is 16.2. The molecule has 0 fully saturated rings. The van der Waals surface area contributed by atoms with E-state index in [0.717, 1.165) is 12.0 Å². The molecule has 0 amide bonds. The Labute approximate surface area is 167 Å². The lowest BCUT2D eigenvalue weighted by Gasteiger charge is -2.12. The molecule has 7 heteroatoms. The standard InChI is InChI=1S/C20H18Cl2N2O3/c1-25-19-13-23-12-17(22)16(19)7-4-10-26-18-8-3-9-24-20(18)27-15-6-2-5-14(21)11-15/h2-3,5-6,8-9,11-13H,4,7,10H2,1H3. The van der Waals surface area contributed by atoms with Crippen molar-refractivity contribution in [2.75, 3.05) is 13.7 Å². The second-order valence-electron chi connectivity index (χ2n) is 5.62. The van der Waals surface area contributed by atoms with Crippen molar-refractivity contribution in [2.45, 2.75) is 12.8 Å². The molecular formula is C20H18Cl2N2O3. The molecule has 0 atom stereocenters. The Balaban J connectivity index is 1.61. The van der Waals surface area contributed by atoms with Crippen molar-refractivity contribution >= 4 is 23.2 Å². The largest absolute Gasteiger partial charge is 0.495 e. The van der Waals surface area contributed by atoms with Gasteiger partial charge in [0.1, 0.15) is 11.5 Å². The molecule has 0 spiro atoms. The Bertz CT molecular complexity index is 906. The number of hydrogen-bond acceptors (Lipinski definition) is 5. The highest BCUT2D eigenvalue weighted by atomic mass is 35.5. The second kappa shape index (κ2) is 9.44. The number of pyridine rings is 2. The average molecular weight is 405 g/mol. The monoisotopic (exact) mass is 404 g/mol. The fourth-order valence-corrected chi connectivity index (χ4v) is 2.92. The van der Waals surface area contributed by atoms with Crippen LogP contribution in [-0.2, 0) is 6.42 Å². The van der Waals surface area contributed by atoms with Gasteiger partial charge in [-0.15, -0.1) is 0 Å². The van der Waals surface area contributed by atoms with Crippen LogP contribution in [0.1, 0.15) is 12.0 Å². The third-order valence-electron chi connectivity index (χ3n) is 3.76. The smallest absolute Gasteiger partial charge is 0.262 e. The van der Waals surface area contributed by atoms with E-state index >= 15 is 0 Å². The molecule has 0 unspecified atom stereocenters. The first-order chi connectivity index (χ1) is 13.2. The molecule has 3 aromatic rings. The quantitative estimate of drug-likeness (QED) is 0.457. The van der Waals surface area contributed by atoms with Crippen molar-refractivity contribution in [2.24, 2.45) is 0 Å². The summed E-state index contributed by atoms with van der Waals surface area (Å²) in [5.41, 5.74) is 0.916. The molecule has 27 heavy (non-hydrogen) atoms. The summed E-state index contributed by atoms with van der Waals surface area (Å²) in [6, 6.07) is 10.7. The summed E-state index contributed by atoms with van der Waals surface area (Å²) in [5.74, 6) is 2.22. The fourth-order valence-electron chi connectivity index (χ4n) is 2.50. The minimum atomic E-state index is 0.388. The van der Waals surface area contributed by atoms with E-state index < -0.39 is 0 Å². The summed E-state index contributed by atoms with van der Waals surface area (Å²) in [5, 5.41) is 1.18. The van der Waals surface area contributed by atoms with Gasteiger partial charge in [-0.2, -0.15) is 0 Å². The van der Waals surface area contributed by atoms with E-state index in [1.54, 1.807) is 43.9 Å². The van der Waals surface area contributed by atoms with Crippen LogP contribution in [0.4, 0.5) is 0 Å². The van der Waals surface area contributed by atoms with Gasteiger partial charge in [0, 0.05) is 23.0 Å². The molecule has 1 aromatic carbocycles. The molecule has 0 aliphatic carbocycles. The maximum atomic E-state index is 6.21. The van der Waals surface area contributed by atoms with E-state index in [9.17, 15) is 0 Å². The molecule has 0 aliphatic heterocycles. The van der Waals surface area contributed by atoms with Crippen LogP contribution >= 0.6 is 23.2 Å². The lowest BCUT2D eigenvalue weighted by Crippen LogP contribution is -2.03. The highest BCUT2D eigenvalue weighted by molar-refractivity contribution is 6.31. The van der Waals surface area contributed by atoms with Gasteiger partial charge in [-0.25, -0.2) is 4.98 Å². The molecule has 2 aromatic heterocycles. The topological polar surface area (TPSA) is 53.5 Å². The summed E-state index contributed by atoms with van der Waals surface area (Å²) < 4.78 is 17.0. The Morgan fingerprint density at radius 1 is 1.04 bits per heavy atom. The normalized spacial score (nSPS) is 10.5. The van der Waals surface area contributed by atoms with E-state index in [0.29, 0.717) is 46.2 Å². The minimum Gasteiger partial charge on any atom is -0.495 e. The molecule has 0 aliphatic rings. The maximum Gasteiger partial charge on any atom is 0.262 e. The fraction of sp³-hybridized carbons (Fsp3) is 0.200. The van der Waals surface area contributed by atoms with E-state index in [-0.39, 0.29) is 0 Å². The number of ether oxygens (including phenoxy) is 3. The van der Waals surface area contributed by atoms with Crippen molar-refractivity contribution in [3.63, 3.8) is 0 Å². The first kappa shape index (κ1) is 19.3. The van der Waals surface area contributed by atoms with Gasteiger partial charge in [0.25, 0.3) is 5.88 Å². The van der Waals surface area contributed by atoms with Crippen molar-refractivity contribution < 1.29 is 14.2 Å². The second-order valence-corrected chi connectivity index (χ2v) is 6.46. The van der Waals surface area contributed by atoms with Crippen LogP contribution in [0.5, 0.6) is 23.1 Å². The molecule has 0 bridgehead atoms. The van der Waals surface area contributed by atoms with Crippen LogP contribution in [0.25, 0.3) is 0 Å². The summed E-state index contributed by atoms with van der Waals surface area (Å²) >= 11 is 12.2. The number of benzene rings is 1. The number of rotatable bonds is 8. The molecule has 5 nitrogen and oxygen atoms in total. The molecule has 0 saturated heterocycles. The SMILES string of the molecule is COc1cncc(Cl)c1CCCOc1cccnc1Oc1cccc(Cl)c1. The van der Waals surface area contributed by atoms with Crippen molar-refractivity contribution in [3.8, 4) is 23.1 Å². The van der Waals surface area contributed by atoms with Gasteiger partial charge >= 0.3 is 0 Å². The van der Waals surface area contributed by atoms with Crippen LogP contribution in [0.15, 0.2) is 55.0 Å². The first-order valence-electron chi connectivity index (χ1n) is 8.35. The molecule has 0 saturated carbocycles. The Kier molecular flexibility index (Phi) is 6.74. The van der Waals surface area contributed by atoms with Crippen LogP contribution in [0.3, 0.4) is 0 Å². The Morgan fingerprint density at radius 3 is 2.74 bits per heavy atom. The van der Waals surface area contributed by atoms with Crippen LogP contribution in [-0.4, -0.2) is 23.7 Å². The Hall–Kier alpha value is -2.50. The third-order valence-corrected chi connectivity index (χ3v) is 4.32. The number of aromatic nitrogens is 2. The highest BCUT2D eigenvalue weighted by Gasteiger charge is 2.10. The molecule has 0 radical (unpaired) electrons. The molecular weight excluding hydrogens is 387 g/mol. The van der Waals surface area contributed by atoms with Gasteiger partial charge in [-0.1, -0.05) is 29.3 Å². The van der Waals surface area contributed by atoms with Crippen LogP contribution in [0.2, 0.25) is 10.0 Å². The number of halogens is 2. The lowest BCUT2D eigenvalue weighted by molar-refractivity contribution is 0.292. The molecule has 3 rings (SSSR count). The van der Waals surface area contributed by atoms with Gasteiger partial charge in [0.05, 0.1) is 24.9 Å². The predicted molar refractivity (Wildman–Crippen MR) is 105 cm³/mol. The minimum absolute atomic E-state index is 0.388. The predicted octanol–water partition coefficient (Wildman–Crippen LogP) is 5.60. The van der Waals surface area contributed by atoms with Crippen molar-refractivity contribution in [1.82, 2.24) is 9.97 Å². The summed E-state index contributed by atoms with van der Waals surface area (Å²) in [4.78, 5) is 8.27. The maximum absolute atomic E-state index is 6.21. The highest BCUT2D eigenvalue weighted by Crippen LogP contribution is 2.30. The Morgan fingerprint density at radius 2 is 1.93 bits per heavy atom. The molecule has 140 valence electrons. The summed E-state index contributed by atoms with van der Waals surface area (Å²) in [7, 11) is 1.60. The van der Waals surface area contributed by atoms with E-state index in [1.807, 2.05) is 18.2 Å². The van der Waals surface area contributed by atoms with E-state index in [1.165, 1.54) is 0 Å². The first-order valence-corrected chi connectivity index (χ1v) is 9.10. The lowest BCUT2D eigenvalue weighted by atomic mass is 10.1. The van der Waals surface area contributed by atoms with Crippen LogP contribution in [0, 0.1) is 0 Å². The van der Waals surface area contributed by atoms with Gasteiger partial charge in [-0.3, -0.25) is 4.98 Å². The summed E-state index contributed by atoms with van der Waals surface area (Å²) in [6.07, 6.45) is 6.35. The number of nitrogens with zero attached hydrogens (tertiary/aromatic N) is 2. The molecule has 2 heterocycles. The summed E-state index contributed by atoms with van der Waals surface area (Å²) in [6.45, 7) is 0.472. The third kappa shape index (κ3) is 5.25. The van der Waals surface area contributed by atoms with Gasteiger partial charge in [0.2, 0.25) is 0 Å². The van der Waals surface area contributed by atoms with Gasteiger partial charge in [-0.05, 0) is 43.2 Å². The van der Waals surface area contributed by atoms with Gasteiger partial charge < -0.3 is 14.2 Å².